The van der Waals surface area contributed by atoms with Gasteiger partial charge < -0.3 is 14.8 Å². The Morgan fingerprint density at radius 3 is 2.75 bits per heavy atom. The number of esters is 1. The molecule has 1 atom stereocenters. The Bertz CT molecular complexity index is 553. The Morgan fingerprint density at radius 2 is 2.12 bits per heavy atom. The Labute approximate surface area is 152 Å². The zero-order chi connectivity index (χ0) is 17.9. The van der Waals surface area contributed by atoms with E-state index >= 15 is 0 Å². The van der Waals surface area contributed by atoms with Crippen LogP contribution in [-0.2, 0) is 14.3 Å². The molecule has 0 heterocycles. The molecule has 1 amide bonds. The predicted octanol–water partition coefficient (Wildman–Crippen LogP) is 3.22. The van der Waals surface area contributed by atoms with Crippen molar-refractivity contribution >= 4 is 35.2 Å². The molecule has 0 aliphatic heterocycles. The first-order valence-electron chi connectivity index (χ1n) is 7.73. The van der Waals surface area contributed by atoms with Gasteiger partial charge in [0.1, 0.15) is 11.8 Å². The molecule has 0 aromatic heterocycles. The summed E-state index contributed by atoms with van der Waals surface area (Å²) in [7, 11) is 1.32. The smallest absolute Gasteiger partial charge is 0.328 e. The molecule has 1 unspecified atom stereocenters. The fourth-order valence-corrected chi connectivity index (χ4v) is 2.78. The number of halogens is 1. The minimum Gasteiger partial charge on any atom is -0.493 e. The van der Waals surface area contributed by atoms with E-state index in [-0.39, 0.29) is 5.91 Å². The highest BCUT2D eigenvalue weighted by atomic mass is 35.5. The minimum atomic E-state index is -0.589. The first kappa shape index (κ1) is 20.6. The highest BCUT2D eigenvalue weighted by Gasteiger charge is 2.20. The van der Waals surface area contributed by atoms with Crippen LogP contribution < -0.4 is 10.1 Å². The van der Waals surface area contributed by atoms with Gasteiger partial charge in [-0.3, -0.25) is 4.79 Å². The monoisotopic (exact) mass is 373 g/mol. The van der Waals surface area contributed by atoms with Gasteiger partial charge in [-0.05, 0) is 55.5 Å². The molecule has 0 saturated carbocycles. The number of methoxy groups -OCH3 is 1. The second-order valence-electron chi connectivity index (χ2n) is 5.29. The van der Waals surface area contributed by atoms with E-state index in [4.69, 9.17) is 21.1 Å². The molecule has 0 aliphatic carbocycles. The zero-order valence-corrected chi connectivity index (χ0v) is 15.8. The maximum absolute atomic E-state index is 12.0. The van der Waals surface area contributed by atoms with Crippen LogP contribution in [0.15, 0.2) is 18.2 Å². The van der Waals surface area contributed by atoms with E-state index in [1.807, 2.05) is 25.3 Å². The number of ether oxygens (including phenoxy) is 2. The highest BCUT2D eigenvalue weighted by molar-refractivity contribution is 7.98. The zero-order valence-electron chi connectivity index (χ0n) is 14.3. The predicted molar refractivity (Wildman–Crippen MR) is 97.9 cm³/mol. The highest BCUT2D eigenvalue weighted by Crippen LogP contribution is 2.21. The van der Waals surface area contributed by atoms with Crippen LogP contribution in [0.2, 0.25) is 5.02 Å². The van der Waals surface area contributed by atoms with Crippen molar-refractivity contribution in [2.75, 3.05) is 25.7 Å². The van der Waals surface area contributed by atoms with Crippen LogP contribution >= 0.6 is 23.4 Å². The summed E-state index contributed by atoms with van der Waals surface area (Å²) in [5, 5.41) is 3.39. The van der Waals surface area contributed by atoms with E-state index in [1.54, 1.807) is 17.8 Å². The van der Waals surface area contributed by atoms with Gasteiger partial charge in [0, 0.05) is 11.4 Å². The van der Waals surface area contributed by atoms with Crippen LogP contribution in [-0.4, -0.2) is 43.6 Å². The molecule has 0 saturated heterocycles. The van der Waals surface area contributed by atoms with Crippen LogP contribution in [0.4, 0.5) is 0 Å². The van der Waals surface area contributed by atoms with Crippen molar-refractivity contribution < 1.29 is 19.1 Å². The van der Waals surface area contributed by atoms with Crippen molar-refractivity contribution in [2.45, 2.75) is 32.2 Å². The topological polar surface area (TPSA) is 64.6 Å². The first-order valence-corrected chi connectivity index (χ1v) is 9.50. The Hall–Kier alpha value is -1.40. The minimum absolute atomic E-state index is 0.178. The lowest BCUT2D eigenvalue weighted by Crippen LogP contribution is -2.41. The molecule has 0 bridgehead atoms. The van der Waals surface area contributed by atoms with Gasteiger partial charge in [0.05, 0.1) is 13.7 Å². The van der Waals surface area contributed by atoms with Gasteiger partial charge in [0.15, 0.2) is 0 Å². The molecule has 1 aromatic rings. The van der Waals surface area contributed by atoms with E-state index < -0.39 is 12.0 Å². The lowest BCUT2D eigenvalue weighted by molar-refractivity contribution is -0.145. The SMILES string of the molecule is COC(=O)C(CCSC)NC(=O)CCCOc1ccc(Cl)cc1C. The molecule has 1 rings (SSSR count). The summed E-state index contributed by atoms with van der Waals surface area (Å²) < 4.78 is 10.4. The van der Waals surface area contributed by atoms with Crippen LogP contribution in [0, 0.1) is 6.92 Å². The van der Waals surface area contributed by atoms with Crippen LogP contribution in [0.25, 0.3) is 0 Å². The average molecular weight is 374 g/mol. The molecule has 1 aromatic carbocycles. The molecule has 0 radical (unpaired) electrons. The second-order valence-corrected chi connectivity index (χ2v) is 6.71. The maximum Gasteiger partial charge on any atom is 0.328 e. The van der Waals surface area contributed by atoms with Crippen LogP contribution in [0.1, 0.15) is 24.8 Å². The van der Waals surface area contributed by atoms with E-state index in [2.05, 4.69) is 5.32 Å². The molecule has 0 fully saturated rings. The maximum atomic E-state index is 12.0. The largest absolute Gasteiger partial charge is 0.493 e. The number of carbonyl (C=O) groups is 2. The third-order valence-corrected chi connectivity index (χ3v) is 4.25. The molecule has 0 aliphatic rings. The first-order chi connectivity index (χ1) is 11.5. The normalized spacial score (nSPS) is 11.7. The van der Waals surface area contributed by atoms with Gasteiger partial charge in [-0.15, -0.1) is 0 Å². The molecular weight excluding hydrogens is 350 g/mol. The number of carbonyl (C=O) groups excluding carboxylic acids is 2. The molecule has 134 valence electrons. The molecule has 24 heavy (non-hydrogen) atoms. The lowest BCUT2D eigenvalue weighted by Gasteiger charge is -2.16. The third kappa shape index (κ3) is 7.45. The number of hydrogen-bond acceptors (Lipinski definition) is 5. The quantitative estimate of drug-likeness (QED) is 0.504. The average Bonchev–Trinajstić information content (AvgIpc) is 2.56. The van der Waals surface area contributed by atoms with Gasteiger partial charge >= 0.3 is 5.97 Å². The van der Waals surface area contributed by atoms with Crippen molar-refractivity contribution in [1.29, 1.82) is 0 Å². The van der Waals surface area contributed by atoms with E-state index in [0.29, 0.717) is 30.9 Å². The van der Waals surface area contributed by atoms with Crippen molar-refractivity contribution in [1.82, 2.24) is 5.32 Å². The summed E-state index contributed by atoms with van der Waals surface area (Å²) >= 11 is 7.51. The number of thioether (sulfide) groups is 1. The van der Waals surface area contributed by atoms with Gasteiger partial charge in [0.2, 0.25) is 5.91 Å². The number of amides is 1. The van der Waals surface area contributed by atoms with Crippen molar-refractivity contribution in [3.8, 4) is 5.75 Å². The number of rotatable bonds is 10. The Kier molecular flexibility index (Phi) is 9.64. The number of aryl methyl sites for hydroxylation is 1. The summed E-state index contributed by atoms with van der Waals surface area (Å²) in [6.45, 7) is 2.34. The fourth-order valence-electron chi connectivity index (χ4n) is 2.08. The number of nitrogens with one attached hydrogen (secondary N) is 1. The number of hydrogen-bond donors (Lipinski definition) is 1. The van der Waals surface area contributed by atoms with E-state index in [1.165, 1.54) is 7.11 Å². The summed E-state index contributed by atoms with van der Waals surface area (Å²) in [5.41, 5.74) is 0.953. The second kappa shape index (κ2) is 11.2. The molecule has 7 heteroatoms. The molecule has 5 nitrogen and oxygen atoms in total. The van der Waals surface area contributed by atoms with Crippen LogP contribution in [0.5, 0.6) is 5.75 Å². The van der Waals surface area contributed by atoms with E-state index in [0.717, 1.165) is 17.1 Å². The summed E-state index contributed by atoms with van der Waals surface area (Å²) in [6.07, 6.45) is 3.36. The number of benzene rings is 1. The molecular formula is C17H24ClNO4S. The standard InChI is InChI=1S/C17H24ClNO4S/c1-12-11-13(18)6-7-15(12)23-9-4-5-16(20)19-14(8-10-24-3)17(21)22-2/h6-7,11,14H,4-5,8-10H2,1-3H3,(H,19,20). The van der Waals surface area contributed by atoms with E-state index in [9.17, 15) is 9.59 Å². The summed E-state index contributed by atoms with van der Waals surface area (Å²) in [5.74, 6) is 0.944. The Morgan fingerprint density at radius 1 is 1.38 bits per heavy atom. The van der Waals surface area contributed by atoms with Gasteiger partial charge in [-0.2, -0.15) is 11.8 Å². The fraction of sp³-hybridized carbons (Fsp3) is 0.529. The summed E-state index contributed by atoms with van der Waals surface area (Å²) in [4.78, 5) is 23.6. The molecule has 1 N–H and O–H groups in total. The van der Waals surface area contributed by atoms with Crippen molar-refractivity contribution in [3.05, 3.63) is 28.8 Å². The molecule has 0 spiro atoms. The van der Waals surface area contributed by atoms with Crippen molar-refractivity contribution in [2.24, 2.45) is 0 Å². The summed E-state index contributed by atoms with van der Waals surface area (Å²) in [6, 6.07) is 4.82. The van der Waals surface area contributed by atoms with Gasteiger partial charge in [0.25, 0.3) is 0 Å². The van der Waals surface area contributed by atoms with Crippen molar-refractivity contribution in [3.63, 3.8) is 0 Å². The van der Waals surface area contributed by atoms with Gasteiger partial charge in [-0.1, -0.05) is 11.6 Å². The van der Waals surface area contributed by atoms with Gasteiger partial charge in [-0.25, -0.2) is 4.79 Å². The van der Waals surface area contributed by atoms with Crippen LogP contribution in [0.3, 0.4) is 0 Å². The Balaban J connectivity index is 2.35. The third-order valence-electron chi connectivity index (χ3n) is 3.37. The lowest BCUT2D eigenvalue weighted by atomic mass is 10.2.